The van der Waals surface area contributed by atoms with Crippen molar-refractivity contribution >= 4 is 11.7 Å². The van der Waals surface area contributed by atoms with E-state index in [2.05, 4.69) is 33.9 Å². The van der Waals surface area contributed by atoms with Crippen LogP contribution >= 0.6 is 0 Å². The molecule has 0 aliphatic carbocycles. The summed E-state index contributed by atoms with van der Waals surface area (Å²) in [6.07, 6.45) is 4.46. The van der Waals surface area contributed by atoms with Gasteiger partial charge in [0.05, 0.1) is 6.54 Å². The Balaban J connectivity index is 1.39. The fourth-order valence-corrected chi connectivity index (χ4v) is 3.41. The van der Waals surface area contributed by atoms with Crippen LogP contribution in [0.25, 0.3) is 0 Å². The molecule has 1 aromatic heterocycles. The molecule has 3 aromatic carbocycles. The monoisotopic (exact) mass is 396 g/mol. The van der Waals surface area contributed by atoms with Crippen LogP contribution in [-0.4, -0.2) is 15.8 Å². The molecule has 0 bridgehead atoms. The first-order chi connectivity index (χ1) is 14.8. The predicted molar refractivity (Wildman–Crippen MR) is 119 cm³/mol. The maximum Gasteiger partial charge on any atom is 0.319 e. The van der Waals surface area contributed by atoms with Gasteiger partial charge in [-0.15, -0.1) is 0 Å². The van der Waals surface area contributed by atoms with Crippen molar-refractivity contribution in [3.63, 3.8) is 0 Å². The maximum atomic E-state index is 12.6. The van der Waals surface area contributed by atoms with Crippen molar-refractivity contribution in [2.45, 2.75) is 19.5 Å². The third-order valence-corrected chi connectivity index (χ3v) is 4.95. The molecule has 0 spiro atoms. The second-order valence-corrected chi connectivity index (χ2v) is 7.10. The molecule has 0 atom stereocenters. The van der Waals surface area contributed by atoms with Crippen molar-refractivity contribution < 1.29 is 4.79 Å². The highest BCUT2D eigenvalue weighted by molar-refractivity contribution is 5.90. The largest absolute Gasteiger partial charge is 0.334 e. The van der Waals surface area contributed by atoms with Crippen LogP contribution in [0.2, 0.25) is 0 Å². The molecule has 0 aliphatic rings. The minimum absolute atomic E-state index is 0.218. The van der Waals surface area contributed by atoms with Crippen LogP contribution in [0.1, 0.15) is 22.3 Å². The van der Waals surface area contributed by atoms with E-state index in [1.165, 1.54) is 5.56 Å². The normalized spacial score (nSPS) is 10.5. The van der Waals surface area contributed by atoms with E-state index in [0.717, 1.165) is 28.8 Å². The minimum atomic E-state index is -0.218. The van der Waals surface area contributed by atoms with Crippen LogP contribution in [0.3, 0.4) is 0 Å². The van der Waals surface area contributed by atoms with Gasteiger partial charge in [0.2, 0.25) is 0 Å². The zero-order chi connectivity index (χ0) is 20.6. The second-order valence-electron chi connectivity index (χ2n) is 7.10. The number of amides is 2. The van der Waals surface area contributed by atoms with Gasteiger partial charge in [0.1, 0.15) is 0 Å². The van der Waals surface area contributed by atoms with Gasteiger partial charge in [0.25, 0.3) is 0 Å². The van der Waals surface area contributed by atoms with E-state index in [4.69, 9.17) is 0 Å². The molecule has 2 amide bonds. The molecule has 4 rings (SSSR count). The number of urea groups is 1. The molecule has 0 saturated carbocycles. The zero-order valence-corrected chi connectivity index (χ0v) is 16.7. The van der Waals surface area contributed by atoms with Gasteiger partial charge < -0.3 is 10.6 Å². The van der Waals surface area contributed by atoms with E-state index in [1.807, 2.05) is 77.6 Å². The van der Waals surface area contributed by atoms with Crippen LogP contribution in [0, 0.1) is 0 Å². The number of para-hydroxylation sites is 1. The van der Waals surface area contributed by atoms with Gasteiger partial charge in [-0.3, -0.25) is 4.68 Å². The summed E-state index contributed by atoms with van der Waals surface area (Å²) in [7, 11) is 0. The Bertz CT molecular complexity index is 1090. The molecule has 150 valence electrons. The topological polar surface area (TPSA) is 59.0 Å². The van der Waals surface area contributed by atoms with E-state index in [1.54, 1.807) is 6.20 Å². The molecule has 4 aromatic rings. The van der Waals surface area contributed by atoms with E-state index < -0.39 is 0 Å². The lowest BCUT2D eigenvalue weighted by atomic mass is 10.0. The summed E-state index contributed by atoms with van der Waals surface area (Å²) < 4.78 is 1.87. The number of carbonyl (C=O) groups excluding carboxylic acids is 1. The van der Waals surface area contributed by atoms with Gasteiger partial charge in [-0.2, -0.15) is 5.10 Å². The lowest BCUT2D eigenvalue weighted by Gasteiger charge is -2.14. The van der Waals surface area contributed by atoms with Gasteiger partial charge >= 0.3 is 6.03 Å². The molecule has 0 aliphatic heterocycles. The van der Waals surface area contributed by atoms with Gasteiger partial charge in [0.15, 0.2) is 0 Å². The van der Waals surface area contributed by atoms with Gasteiger partial charge in [-0.25, -0.2) is 4.79 Å². The third kappa shape index (κ3) is 5.14. The number of benzene rings is 3. The van der Waals surface area contributed by atoms with Crippen molar-refractivity contribution in [3.8, 4) is 0 Å². The Labute approximate surface area is 176 Å². The summed E-state index contributed by atoms with van der Waals surface area (Å²) in [5, 5.41) is 10.2. The number of hydrogen-bond acceptors (Lipinski definition) is 2. The van der Waals surface area contributed by atoms with Crippen molar-refractivity contribution in [3.05, 3.63) is 120 Å². The number of nitrogens with zero attached hydrogens (tertiary/aromatic N) is 2. The average molecular weight is 396 g/mol. The lowest BCUT2D eigenvalue weighted by Crippen LogP contribution is -2.29. The Hall–Kier alpha value is -3.86. The first-order valence-corrected chi connectivity index (χ1v) is 9.99. The Morgan fingerprint density at radius 3 is 2.27 bits per heavy atom. The first-order valence-electron chi connectivity index (χ1n) is 9.99. The van der Waals surface area contributed by atoms with Crippen LogP contribution < -0.4 is 10.6 Å². The van der Waals surface area contributed by atoms with Crippen molar-refractivity contribution in [2.75, 3.05) is 5.32 Å². The highest BCUT2D eigenvalue weighted by atomic mass is 16.2. The van der Waals surface area contributed by atoms with Crippen molar-refractivity contribution in [1.82, 2.24) is 15.1 Å². The van der Waals surface area contributed by atoms with Crippen molar-refractivity contribution in [1.29, 1.82) is 0 Å². The van der Waals surface area contributed by atoms with Crippen LogP contribution in [-0.2, 0) is 19.5 Å². The van der Waals surface area contributed by atoms with E-state index in [0.29, 0.717) is 13.1 Å². The Morgan fingerprint density at radius 2 is 1.50 bits per heavy atom. The van der Waals surface area contributed by atoms with E-state index in [9.17, 15) is 4.79 Å². The molecule has 0 radical (unpaired) electrons. The maximum absolute atomic E-state index is 12.6. The smallest absolute Gasteiger partial charge is 0.319 e. The Kier molecular flexibility index (Phi) is 6.20. The molecule has 5 heteroatoms. The standard InChI is InChI=1S/C25H24N4O/c30-25(26-18-22-12-4-5-13-23(22)19-29-16-8-15-27-29)28-24-14-7-6-11-21(24)17-20-9-2-1-3-10-20/h1-16H,17-19H2,(H2,26,28,30). The average Bonchev–Trinajstić information content (AvgIpc) is 3.28. The predicted octanol–water partition coefficient (Wildman–Crippen LogP) is 4.84. The number of rotatable bonds is 7. The first kappa shape index (κ1) is 19.5. The third-order valence-electron chi connectivity index (χ3n) is 4.95. The van der Waals surface area contributed by atoms with Crippen LogP contribution in [0.4, 0.5) is 10.5 Å². The summed E-state index contributed by atoms with van der Waals surface area (Å²) in [5.41, 5.74) is 5.31. The highest BCUT2D eigenvalue weighted by Crippen LogP contribution is 2.19. The molecular weight excluding hydrogens is 372 g/mol. The molecular formula is C25H24N4O. The minimum Gasteiger partial charge on any atom is -0.334 e. The lowest BCUT2D eigenvalue weighted by molar-refractivity contribution is 0.251. The highest BCUT2D eigenvalue weighted by Gasteiger charge is 2.09. The van der Waals surface area contributed by atoms with Gasteiger partial charge in [-0.1, -0.05) is 72.8 Å². The fourth-order valence-electron chi connectivity index (χ4n) is 3.41. The molecule has 0 saturated heterocycles. The van der Waals surface area contributed by atoms with E-state index in [-0.39, 0.29) is 6.03 Å². The van der Waals surface area contributed by atoms with E-state index >= 15 is 0 Å². The summed E-state index contributed by atoms with van der Waals surface area (Å²) >= 11 is 0. The summed E-state index contributed by atoms with van der Waals surface area (Å²) in [5.74, 6) is 0. The molecule has 1 heterocycles. The molecule has 30 heavy (non-hydrogen) atoms. The summed E-state index contributed by atoms with van der Waals surface area (Å²) in [6, 6.07) is 27.9. The molecule has 0 unspecified atom stereocenters. The number of anilines is 1. The number of aromatic nitrogens is 2. The molecule has 5 nitrogen and oxygen atoms in total. The Morgan fingerprint density at radius 1 is 0.800 bits per heavy atom. The number of hydrogen-bond donors (Lipinski definition) is 2. The van der Waals surface area contributed by atoms with Gasteiger partial charge in [0, 0.05) is 24.6 Å². The number of nitrogens with one attached hydrogen (secondary N) is 2. The second kappa shape index (κ2) is 9.56. The quantitative estimate of drug-likeness (QED) is 0.469. The molecule has 2 N–H and O–H groups in total. The van der Waals surface area contributed by atoms with Gasteiger partial charge in [-0.05, 0) is 40.8 Å². The number of carbonyl (C=O) groups is 1. The van der Waals surface area contributed by atoms with Crippen LogP contribution in [0.5, 0.6) is 0 Å². The fraction of sp³-hybridized carbons (Fsp3) is 0.120. The zero-order valence-electron chi connectivity index (χ0n) is 16.7. The summed E-state index contributed by atoms with van der Waals surface area (Å²) in [6.45, 7) is 1.12. The summed E-state index contributed by atoms with van der Waals surface area (Å²) in [4.78, 5) is 12.6. The SMILES string of the molecule is O=C(NCc1ccccc1Cn1cccn1)Nc1ccccc1Cc1ccccc1. The molecule has 0 fully saturated rings. The van der Waals surface area contributed by atoms with Crippen LogP contribution in [0.15, 0.2) is 97.3 Å². The van der Waals surface area contributed by atoms with Crippen molar-refractivity contribution in [2.24, 2.45) is 0 Å².